The summed E-state index contributed by atoms with van der Waals surface area (Å²) in [6.45, 7) is 5.34. The lowest BCUT2D eigenvalue weighted by molar-refractivity contribution is -0.137. The quantitative estimate of drug-likeness (QED) is 0.278. The molecule has 0 atom stereocenters. The van der Waals surface area contributed by atoms with Crippen molar-refractivity contribution >= 4 is 23.6 Å². The van der Waals surface area contributed by atoms with Gasteiger partial charge in [0.15, 0.2) is 11.6 Å². The van der Waals surface area contributed by atoms with Crippen LogP contribution in [0.5, 0.6) is 5.75 Å². The van der Waals surface area contributed by atoms with Gasteiger partial charge in [0, 0.05) is 17.0 Å². The maximum absolute atomic E-state index is 13.8. The van der Waals surface area contributed by atoms with Crippen LogP contribution in [0, 0.1) is 17.6 Å². The first-order valence-corrected chi connectivity index (χ1v) is 14.6. The van der Waals surface area contributed by atoms with E-state index in [1.807, 2.05) is 12.3 Å². The molecule has 9 heteroatoms. The van der Waals surface area contributed by atoms with Crippen LogP contribution in [0.1, 0.15) is 35.7 Å². The Morgan fingerprint density at radius 1 is 1.05 bits per heavy atom. The summed E-state index contributed by atoms with van der Waals surface area (Å²) in [6.07, 6.45) is 3.69. The van der Waals surface area contributed by atoms with Gasteiger partial charge in [-0.1, -0.05) is 31.2 Å². The zero-order valence-electron chi connectivity index (χ0n) is 22.7. The number of aliphatic carboxylic acids is 1. The maximum Gasteiger partial charge on any atom is 0.323 e. The number of carbonyl (C=O) groups is 2. The highest BCUT2D eigenvalue weighted by Crippen LogP contribution is 2.33. The number of carbonyl (C=O) groups excluding carboxylic acids is 1. The van der Waals surface area contributed by atoms with Gasteiger partial charge in [0.2, 0.25) is 0 Å². The van der Waals surface area contributed by atoms with E-state index in [0.29, 0.717) is 28.3 Å². The fourth-order valence-electron chi connectivity index (χ4n) is 4.98. The summed E-state index contributed by atoms with van der Waals surface area (Å²) < 4.78 is 33.4. The zero-order valence-corrected chi connectivity index (χ0v) is 23.6. The number of carboxylic acid groups (broad SMARTS) is 1. The topological polar surface area (TPSA) is 70.1 Å². The molecule has 1 fully saturated rings. The lowest BCUT2D eigenvalue weighted by atomic mass is 9.96. The smallest absolute Gasteiger partial charge is 0.323 e. The predicted molar refractivity (Wildman–Crippen MR) is 153 cm³/mol. The first-order valence-electron chi connectivity index (χ1n) is 13.4. The van der Waals surface area contributed by atoms with Crippen molar-refractivity contribution in [3.63, 3.8) is 0 Å². The number of likely N-dealkylation sites (tertiary alicyclic amines) is 1. The average molecular weight is 569 g/mol. The number of piperidine rings is 1. The van der Waals surface area contributed by atoms with Crippen LogP contribution >= 0.6 is 11.8 Å². The van der Waals surface area contributed by atoms with Crippen molar-refractivity contribution in [3.8, 4) is 16.9 Å². The highest BCUT2D eigenvalue weighted by atomic mass is 32.2. The Balaban J connectivity index is 1.41. The standard InChI is InChI=1S/C31H34F2N2O4S/c1-3-34-13-11-21(12-14-34)18-35(19-30(36)37)31(38)24-6-4-5-22(15-24)20-39-25-9-7-23(8-10-25)26-16-27(32)28(33)17-29(26)40-2/h4-10,15-17,21H,3,11-14,18-20H2,1-2H3,(H,36,37). The zero-order chi connectivity index (χ0) is 28.6. The third-order valence-corrected chi connectivity index (χ3v) is 8.01. The molecule has 0 aromatic heterocycles. The van der Waals surface area contributed by atoms with Gasteiger partial charge in [-0.25, -0.2) is 8.78 Å². The highest BCUT2D eigenvalue weighted by molar-refractivity contribution is 7.98. The molecule has 1 saturated heterocycles. The van der Waals surface area contributed by atoms with Gasteiger partial charge in [0.1, 0.15) is 18.9 Å². The van der Waals surface area contributed by atoms with E-state index in [2.05, 4.69) is 11.8 Å². The van der Waals surface area contributed by atoms with Crippen LogP contribution in [-0.2, 0) is 11.4 Å². The van der Waals surface area contributed by atoms with Crippen molar-refractivity contribution in [1.29, 1.82) is 0 Å². The van der Waals surface area contributed by atoms with Gasteiger partial charge in [-0.05, 0) is 97.7 Å². The Morgan fingerprint density at radius 3 is 2.40 bits per heavy atom. The number of thioether (sulfide) groups is 1. The molecule has 4 rings (SSSR count). The minimum Gasteiger partial charge on any atom is -0.489 e. The fraction of sp³-hybridized carbons (Fsp3) is 0.355. The molecule has 0 radical (unpaired) electrons. The Morgan fingerprint density at radius 2 is 1.75 bits per heavy atom. The number of benzene rings is 3. The summed E-state index contributed by atoms with van der Waals surface area (Å²) in [6, 6.07) is 16.5. The molecule has 0 bridgehead atoms. The minimum atomic E-state index is -1.03. The van der Waals surface area contributed by atoms with Crippen molar-refractivity contribution in [2.75, 3.05) is 39.0 Å². The van der Waals surface area contributed by atoms with Crippen LogP contribution in [0.25, 0.3) is 11.1 Å². The van der Waals surface area contributed by atoms with Crippen molar-refractivity contribution in [2.45, 2.75) is 31.3 Å². The molecule has 212 valence electrons. The molecule has 3 aromatic carbocycles. The van der Waals surface area contributed by atoms with E-state index in [9.17, 15) is 23.5 Å². The second-order valence-corrected chi connectivity index (χ2v) is 10.8. The molecular weight excluding hydrogens is 534 g/mol. The van der Waals surface area contributed by atoms with E-state index in [-0.39, 0.29) is 25.0 Å². The lowest BCUT2D eigenvalue weighted by Crippen LogP contribution is -2.42. The summed E-state index contributed by atoms with van der Waals surface area (Å²) in [5.41, 5.74) is 2.53. The Hall–Kier alpha value is -3.43. The molecule has 1 amide bonds. The number of nitrogens with zero attached hydrogens (tertiary/aromatic N) is 2. The normalized spacial score (nSPS) is 14.2. The number of rotatable bonds is 11. The largest absolute Gasteiger partial charge is 0.489 e. The van der Waals surface area contributed by atoms with Crippen molar-refractivity contribution < 1.29 is 28.2 Å². The first-order chi connectivity index (χ1) is 19.3. The minimum absolute atomic E-state index is 0.204. The number of amides is 1. The van der Waals surface area contributed by atoms with E-state index in [1.54, 1.807) is 42.5 Å². The second-order valence-electron chi connectivity index (χ2n) is 9.94. The van der Waals surface area contributed by atoms with Crippen LogP contribution in [0.3, 0.4) is 0 Å². The summed E-state index contributed by atoms with van der Waals surface area (Å²) in [5, 5.41) is 9.44. The molecule has 6 nitrogen and oxygen atoms in total. The molecule has 1 aliphatic rings. The van der Waals surface area contributed by atoms with Crippen molar-refractivity contribution in [2.24, 2.45) is 5.92 Å². The Kier molecular flexibility index (Phi) is 10.2. The summed E-state index contributed by atoms with van der Waals surface area (Å²) in [7, 11) is 0. The van der Waals surface area contributed by atoms with E-state index in [1.165, 1.54) is 28.8 Å². The average Bonchev–Trinajstić information content (AvgIpc) is 2.97. The molecule has 1 N–H and O–H groups in total. The molecule has 40 heavy (non-hydrogen) atoms. The molecule has 1 aliphatic heterocycles. The molecule has 1 heterocycles. The molecule has 0 spiro atoms. The number of hydrogen-bond acceptors (Lipinski definition) is 5. The van der Waals surface area contributed by atoms with Gasteiger partial charge in [0.05, 0.1) is 0 Å². The van der Waals surface area contributed by atoms with Gasteiger partial charge in [-0.3, -0.25) is 9.59 Å². The SMILES string of the molecule is CCN1CCC(CN(CC(=O)O)C(=O)c2cccc(COc3ccc(-c4cc(F)c(F)cc4SC)cc3)c2)CC1. The van der Waals surface area contributed by atoms with Gasteiger partial charge < -0.3 is 19.6 Å². The summed E-state index contributed by atoms with van der Waals surface area (Å²) in [4.78, 5) is 29.3. The highest BCUT2D eigenvalue weighted by Gasteiger charge is 2.25. The molecule has 0 unspecified atom stereocenters. The summed E-state index contributed by atoms with van der Waals surface area (Å²) >= 11 is 1.34. The number of hydrogen-bond donors (Lipinski definition) is 1. The van der Waals surface area contributed by atoms with Crippen molar-refractivity contribution in [3.05, 3.63) is 83.4 Å². The van der Waals surface area contributed by atoms with E-state index in [4.69, 9.17) is 4.74 Å². The van der Waals surface area contributed by atoms with Crippen molar-refractivity contribution in [1.82, 2.24) is 9.80 Å². The van der Waals surface area contributed by atoms with Gasteiger partial charge in [-0.2, -0.15) is 0 Å². The van der Waals surface area contributed by atoms with Crippen LogP contribution in [0.15, 0.2) is 65.6 Å². The summed E-state index contributed by atoms with van der Waals surface area (Å²) in [5.74, 6) is -2.25. The van der Waals surface area contributed by atoms with Crippen LogP contribution < -0.4 is 4.74 Å². The molecule has 3 aromatic rings. The Labute approximate surface area is 237 Å². The van der Waals surface area contributed by atoms with E-state index in [0.717, 1.165) is 43.6 Å². The molecule has 0 aliphatic carbocycles. The molecule has 0 saturated carbocycles. The van der Waals surface area contributed by atoms with E-state index < -0.39 is 17.6 Å². The molecular formula is C31H34F2N2O4S. The number of ether oxygens (including phenoxy) is 1. The van der Waals surface area contributed by atoms with Crippen LogP contribution in [0.4, 0.5) is 8.78 Å². The fourth-order valence-corrected chi connectivity index (χ4v) is 5.59. The third-order valence-electron chi connectivity index (χ3n) is 7.23. The third kappa shape index (κ3) is 7.61. The first kappa shape index (κ1) is 29.6. The number of halogens is 2. The predicted octanol–water partition coefficient (Wildman–Crippen LogP) is 6.19. The van der Waals surface area contributed by atoms with Gasteiger partial charge in [-0.15, -0.1) is 11.8 Å². The maximum atomic E-state index is 13.8. The van der Waals surface area contributed by atoms with Gasteiger partial charge in [0.25, 0.3) is 5.91 Å². The van der Waals surface area contributed by atoms with Crippen LogP contribution in [0.2, 0.25) is 0 Å². The van der Waals surface area contributed by atoms with Crippen LogP contribution in [-0.4, -0.2) is 65.8 Å². The van der Waals surface area contributed by atoms with Gasteiger partial charge >= 0.3 is 5.97 Å². The number of carboxylic acids is 1. The Bertz CT molecular complexity index is 1330. The monoisotopic (exact) mass is 568 g/mol. The second kappa shape index (κ2) is 13.8. The van der Waals surface area contributed by atoms with E-state index >= 15 is 0 Å². The lowest BCUT2D eigenvalue weighted by Gasteiger charge is -2.34.